The molecular formula is C27H34N4O2. The van der Waals surface area contributed by atoms with Gasteiger partial charge in [-0.2, -0.15) is 5.10 Å². The Hall–Kier alpha value is -2.99. The number of hydrazone groups is 1. The topological polar surface area (TPSA) is 65.0 Å². The largest absolute Gasteiger partial charge is 0.352 e. The Bertz CT molecular complexity index is 971. The number of hydrogen-bond acceptors (Lipinski definition) is 4. The highest BCUT2D eigenvalue weighted by Crippen LogP contribution is 2.19. The van der Waals surface area contributed by atoms with Gasteiger partial charge < -0.3 is 5.32 Å². The molecule has 1 unspecified atom stereocenters. The molecule has 0 bridgehead atoms. The molecule has 1 saturated heterocycles. The predicted molar refractivity (Wildman–Crippen MR) is 131 cm³/mol. The molecule has 2 aliphatic heterocycles. The number of likely N-dealkylation sites (tertiary alicyclic amines) is 1. The van der Waals surface area contributed by atoms with Crippen molar-refractivity contribution in [1.29, 1.82) is 0 Å². The van der Waals surface area contributed by atoms with E-state index < -0.39 is 0 Å². The zero-order valence-electron chi connectivity index (χ0n) is 19.5. The van der Waals surface area contributed by atoms with Crippen LogP contribution in [0.2, 0.25) is 0 Å². The van der Waals surface area contributed by atoms with E-state index in [2.05, 4.69) is 46.5 Å². The van der Waals surface area contributed by atoms with Gasteiger partial charge in [-0.05, 0) is 43.0 Å². The van der Waals surface area contributed by atoms with Gasteiger partial charge in [0.05, 0.1) is 12.3 Å². The van der Waals surface area contributed by atoms with Crippen molar-refractivity contribution >= 4 is 17.5 Å². The molecule has 2 aromatic rings. The summed E-state index contributed by atoms with van der Waals surface area (Å²) in [5.74, 6) is -0.214. The number of nitrogens with zero attached hydrogens (tertiary/aromatic N) is 3. The number of hydrogen-bond donors (Lipinski definition) is 1. The summed E-state index contributed by atoms with van der Waals surface area (Å²) < 4.78 is 0. The van der Waals surface area contributed by atoms with Crippen molar-refractivity contribution in [1.82, 2.24) is 15.2 Å². The molecule has 6 heteroatoms. The fourth-order valence-corrected chi connectivity index (χ4v) is 4.50. The Morgan fingerprint density at radius 3 is 2.48 bits per heavy atom. The second-order valence-electron chi connectivity index (χ2n) is 9.09. The van der Waals surface area contributed by atoms with Crippen LogP contribution in [-0.4, -0.2) is 46.6 Å². The van der Waals surface area contributed by atoms with Gasteiger partial charge in [-0.25, -0.2) is 5.01 Å². The van der Waals surface area contributed by atoms with Crippen LogP contribution in [0.5, 0.6) is 0 Å². The second-order valence-corrected chi connectivity index (χ2v) is 9.09. The summed E-state index contributed by atoms with van der Waals surface area (Å²) in [6.07, 6.45) is 5.00. The van der Waals surface area contributed by atoms with Gasteiger partial charge in [0, 0.05) is 38.4 Å². The molecule has 2 amide bonds. The van der Waals surface area contributed by atoms with Crippen LogP contribution < -0.4 is 5.32 Å². The third kappa shape index (κ3) is 6.51. The molecule has 0 spiro atoms. The molecule has 1 fully saturated rings. The first-order chi connectivity index (χ1) is 16.1. The predicted octanol–water partition coefficient (Wildman–Crippen LogP) is 4.09. The third-order valence-corrected chi connectivity index (χ3v) is 6.60. The SMILES string of the molecule is CC1CCCCN1Cc1ccc(CNC(=O)CCC(=O)N2CCC(c3ccccc3)=N2)cc1. The summed E-state index contributed by atoms with van der Waals surface area (Å²) >= 11 is 0. The van der Waals surface area contributed by atoms with E-state index in [0.29, 0.717) is 19.1 Å². The van der Waals surface area contributed by atoms with Crippen molar-refractivity contribution in [2.24, 2.45) is 5.10 Å². The van der Waals surface area contributed by atoms with Gasteiger partial charge >= 0.3 is 0 Å². The molecule has 2 aliphatic rings. The van der Waals surface area contributed by atoms with Crippen LogP contribution in [0.25, 0.3) is 0 Å². The highest BCUT2D eigenvalue weighted by molar-refractivity contribution is 6.02. The summed E-state index contributed by atoms with van der Waals surface area (Å²) in [6.45, 7) is 5.53. The lowest BCUT2D eigenvalue weighted by Gasteiger charge is -2.33. The summed E-state index contributed by atoms with van der Waals surface area (Å²) in [5.41, 5.74) is 4.35. The molecular weight excluding hydrogens is 412 g/mol. The van der Waals surface area contributed by atoms with Crippen LogP contribution in [0.4, 0.5) is 0 Å². The van der Waals surface area contributed by atoms with E-state index in [1.807, 2.05) is 30.3 Å². The molecule has 0 saturated carbocycles. The molecule has 0 radical (unpaired) electrons. The lowest BCUT2D eigenvalue weighted by atomic mass is 10.0. The monoisotopic (exact) mass is 446 g/mol. The fourth-order valence-electron chi connectivity index (χ4n) is 4.50. The summed E-state index contributed by atoms with van der Waals surface area (Å²) in [4.78, 5) is 27.3. The first-order valence-corrected chi connectivity index (χ1v) is 12.1. The van der Waals surface area contributed by atoms with Crippen LogP contribution >= 0.6 is 0 Å². The van der Waals surface area contributed by atoms with Gasteiger partial charge in [-0.1, -0.05) is 61.0 Å². The first-order valence-electron chi connectivity index (χ1n) is 12.1. The Kier molecular flexibility index (Phi) is 7.89. The molecule has 2 aromatic carbocycles. The van der Waals surface area contributed by atoms with Crippen LogP contribution in [0.1, 0.15) is 62.1 Å². The number of piperidine rings is 1. The molecule has 33 heavy (non-hydrogen) atoms. The minimum absolute atomic E-state index is 0.104. The maximum atomic E-state index is 12.5. The fraction of sp³-hybridized carbons (Fsp3) is 0.444. The average Bonchev–Trinajstić information content (AvgIpc) is 3.35. The molecule has 1 atom stereocenters. The van der Waals surface area contributed by atoms with Crippen molar-refractivity contribution in [2.45, 2.75) is 64.6 Å². The van der Waals surface area contributed by atoms with E-state index in [1.54, 1.807) is 0 Å². The van der Waals surface area contributed by atoms with E-state index in [0.717, 1.165) is 29.8 Å². The smallest absolute Gasteiger partial charge is 0.243 e. The van der Waals surface area contributed by atoms with Gasteiger partial charge in [0.1, 0.15) is 0 Å². The Labute approximate surface area is 196 Å². The van der Waals surface area contributed by atoms with E-state index in [4.69, 9.17) is 0 Å². The van der Waals surface area contributed by atoms with Crippen molar-refractivity contribution in [3.63, 3.8) is 0 Å². The normalized spacial score (nSPS) is 18.8. The minimum atomic E-state index is -0.110. The lowest BCUT2D eigenvalue weighted by molar-refractivity contribution is -0.133. The maximum Gasteiger partial charge on any atom is 0.243 e. The van der Waals surface area contributed by atoms with Gasteiger partial charge in [0.25, 0.3) is 0 Å². The molecule has 2 heterocycles. The van der Waals surface area contributed by atoms with E-state index in [9.17, 15) is 9.59 Å². The summed E-state index contributed by atoms with van der Waals surface area (Å²) in [7, 11) is 0. The minimum Gasteiger partial charge on any atom is -0.352 e. The molecule has 6 nitrogen and oxygen atoms in total. The molecule has 174 valence electrons. The van der Waals surface area contributed by atoms with Crippen LogP contribution in [-0.2, 0) is 22.7 Å². The highest BCUT2D eigenvalue weighted by atomic mass is 16.2. The molecule has 0 aromatic heterocycles. The van der Waals surface area contributed by atoms with E-state index in [1.165, 1.54) is 36.4 Å². The van der Waals surface area contributed by atoms with Crippen LogP contribution in [0.3, 0.4) is 0 Å². The quantitative estimate of drug-likeness (QED) is 0.664. The number of benzene rings is 2. The first kappa shape index (κ1) is 23.2. The standard InChI is InChI=1S/C27H34N4O2/c1-21-7-5-6-17-30(21)20-23-12-10-22(11-13-23)19-28-26(32)14-15-27(33)31-18-16-25(29-31)24-8-3-2-4-9-24/h2-4,8-13,21H,5-7,14-20H2,1H3,(H,28,32). The number of carbonyl (C=O) groups excluding carboxylic acids is 2. The molecule has 4 rings (SSSR count). The number of nitrogens with one attached hydrogen (secondary N) is 1. The molecule has 0 aliphatic carbocycles. The maximum absolute atomic E-state index is 12.5. The van der Waals surface area contributed by atoms with Crippen molar-refractivity contribution < 1.29 is 9.59 Å². The Morgan fingerprint density at radius 2 is 1.73 bits per heavy atom. The van der Waals surface area contributed by atoms with Gasteiger partial charge in [-0.3, -0.25) is 14.5 Å². The zero-order valence-corrected chi connectivity index (χ0v) is 19.5. The average molecular weight is 447 g/mol. The van der Waals surface area contributed by atoms with Crippen LogP contribution in [0.15, 0.2) is 59.7 Å². The number of amides is 2. The lowest BCUT2D eigenvalue weighted by Crippen LogP contribution is -2.36. The number of rotatable bonds is 8. The Morgan fingerprint density at radius 1 is 0.970 bits per heavy atom. The summed E-state index contributed by atoms with van der Waals surface area (Å²) in [6, 6.07) is 19.0. The van der Waals surface area contributed by atoms with Gasteiger partial charge in [0.2, 0.25) is 11.8 Å². The van der Waals surface area contributed by atoms with E-state index in [-0.39, 0.29) is 24.7 Å². The van der Waals surface area contributed by atoms with Crippen LogP contribution in [0, 0.1) is 0 Å². The second kappa shape index (κ2) is 11.2. The number of carbonyl (C=O) groups is 2. The van der Waals surface area contributed by atoms with E-state index >= 15 is 0 Å². The third-order valence-electron chi connectivity index (χ3n) is 6.60. The van der Waals surface area contributed by atoms with Crippen molar-refractivity contribution in [2.75, 3.05) is 13.1 Å². The van der Waals surface area contributed by atoms with Crippen molar-refractivity contribution in [3.05, 3.63) is 71.3 Å². The zero-order chi connectivity index (χ0) is 23.0. The Balaban J connectivity index is 1.18. The van der Waals surface area contributed by atoms with Crippen molar-refractivity contribution in [3.8, 4) is 0 Å². The summed E-state index contributed by atoms with van der Waals surface area (Å²) in [5, 5.41) is 8.88. The van der Waals surface area contributed by atoms with Gasteiger partial charge in [-0.15, -0.1) is 0 Å². The highest BCUT2D eigenvalue weighted by Gasteiger charge is 2.22. The van der Waals surface area contributed by atoms with Gasteiger partial charge in [0.15, 0.2) is 0 Å². The molecule has 1 N–H and O–H groups in total.